The molecule has 0 radical (unpaired) electrons. The summed E-state index contributed by atoms with van der Waals surface area (Å²) in [5.41, 5.74) is 0.586. The lowest BCUT2D eigenvalue weighted by molar-refractivity contribution is -0.123. The minimum Gasteiger partial charge on any atom is -0.497 e. The number of aryl methyl sites for hydroxylation is 1. The Morgan fingerprint density at radius 2 is 1.96 bits per heavy atom. The molecule has 0 saturated heterocycles. The Balaban J connectivity index is 1.87. The molecule has 7 nitrogen and oxygen atoms in total. The average molecular weight is 316 g/mol. The van der Waals surface area contributed by atoms with E-state index in [1.54, 1.807) is 42.1 Å². The molecular weight excluding hydrogens is 300 g/mol. The predicted molar refractivity (Wildman–Crippen MR) is 81.2 cm³/mol. The Morgan fingerprint density at radius 3 is 2.61 bits per heavy atom. The van der Waals surface area contributed by atoms with Crippen LogP contribution in [-0.4, -0.2) is 36.1 Å². The molecule has 1 aromatic carbocycles. The summed E-state index contributed by atoms with van der Waals surface area (Å²) in [7, 11) is 3.16. The Morgan fingerprint density at radius 1 is 1.17 bits per heavy atom. The maximum Gasteiger partial charge on any atom is 0.338 e. The van der Waals surface area contributed by atoms with Gasteiger partial charge in [-0.3, -0.25) is 14.9 Å². The molecule has 0 aliphatic heterocycles. The van der Waals surface area contributed by atoms with E-state index in [9.17, 15) is 14.4 Å². The number of carbonyl (C=O) groups excluding carboxylic acids is 3. The minimum absolute atomic E-state index is 0.255. The summed E-state index contributed by atoms with van der Waals surface area (Å²) in [6.45, 7) is -0.549. The molecule has 7 heteroatoms. The van der Waals surface area contributed by atoms with Crippen LogP contribution in [0.5, 0.6) is 5.75 Å². The van der Waals surface area contributed by atoms with E-state index in [0.717, 1.165) is 0 Å². The van der Waals surface area contributed by atoms with Crippen LogP contribution in [0.15, 0.2) is 42.6 Å². The topological polar surface area (TPSA) is 86.6 Å². The third kappa shape index (κ3) is 4.19. The highest BCUT2D eigenvalue weighted by atomic mass is 16.5. The summed E-state index contributed by atoms with van der Waals surface area (Å²) in [5, 5.41) is 2.15. The number of hydrogen-bond donors (Lipinski definition) is 1. The summed E-state index contributed by atoms with van der Waals surface area (Å²) in [6, 6.07) is 9.61. The number of aromatic nitrogens is 1. The van der Waals surface area contributed by atoms with Crippen LogP contribution in [-0.2, 0) is 16.6 Å². The highest BCUT2D eigenvalue weighted by Crippen LogP contribution is 2.13. The van der Waals surface area contributed by atoms with Crippen molar-refractivity contribution < 1.29 is 23.9 Å². The SMILES string of the molecule is COc1cccc(C(=O)OCC(=O)NC(=O)c2cccn2C)c1. The van der Waals surface area contributed by atoms with Crippen molar-refractivity contribution in [3.63, 3.8) is 0 Å². The van der Waals surface area contributed by atoms with Crippen LogP contribution < -0.4 is 10.1 Å². The van der Waals surface area contributed by atoms with Crippen LogP contribution in [0.25, 0.3) is 0 Å². The van der Waals surface area contributed by atoms with Crippen molar-refractivity contribution in [3.8, 4) is 5.75 Å². The molecule has 0 aliphatic carbocycles. The molecule has 23 heavy (non-hydrogen) atoms. The van der Waals surface area contributed by atoms with Crippen LogP contribution in [0.2, 0.25) is 0 Å². The van der Waals surface area contributed by atoms with E-state index in [4.69, 9.17) is 9.47 Å². The monoisotopic (exact) mass is 316 g/mol. The van der Waals surface area contributed by atoms with Crippen LogP contribution in [0.3, 0.4) is 0 Å². The van der Waals surface area contributed by atoms with Gasteiger partial charge in [0.05, 0.1) is 12.7 Å². The van der Waals surface area contributed by atoms with Crippen molar-refractivity contribution >= 4 is 17.8 Å². The number of esters is 1. The average Bonchev–Trinajstić information content (AvgIpc) is 2.98. The molecule has 0 spiro atoms. The molecule has 120 valence electrons. The number of hydrogen-bond acceptors (Lipinski definition) is 5. The lowest BCUT2D eigenvalue weighted by Gasteiger charge is -2.07. The number of nitrogens with one attached hydrogen (secondary N) is 1. The molecule has 1 N–H and O–H groups in total. The Hall–Kier alpha value is -3.09. The fourth-order valence-electron chi connectivity index (χ4n) is 1.89. The van der Waals surface area contributed by atoms with Gasteiger partial charge < -0.3 is 14.0 Å². The summed E-state index contributed by atoms with van der Waals surface area (Å²) >= 11 is 0. The van der Waals surface area contributed by atoms with Gasteiger partial charge in [-0.2, -0.15) is 0 Å². The van der Waals surface area contributed by atoms with Gasteiger partial charge in [-0.15, -0.1) is 0 Å². The third-order valence-corrected chi connectivity index (χ3v) is 3.07. The highest BCUT2D eigenvalue weighted by Gasteiger charge is 2.15. The zero-order valence-electron chi connectivity index (χ0n) is 12.7. The number of carbonyl (C=O) groups is 3. The number of imide groups is 1. The smallest absolute Gasteiger partial charge is 0.338 e. The summed E-state index contributed by atoms with van der Waals surface area (Å²) < 4.78 is 11.4. The second kappa shape index (κ2) is 7.26. The van der Waals surface area contributed by atoms with Gasteiger partial charge in [0, 0.05) is 13.2 Å². The maximum atomic E-state index is 11.8. The second-order valence-electron chi connectivity index (χ2n) is 4.69. The van der Waals surface area contributed by atoms with Crippen LogP contribution in [0.4, 0.5) is 0 Å². The summed E-state index contributed by atoms with van der Waals surface area (Å²) in [4.78, 5) is 35.3. The lowest BCUT2D eigenvalue weighted by atomic mass is 10.2. The van der Waals surface area contributed by atoms with Crippen molar-refractivity contribution in [3.05, 3.63) is 53.9 Å². The molecule has 2 aromatic rings. The van der Waals surface area contributed by atoms with Gasteiger partial charge in [-0.05, 0) is 30.3 Å². The number of methoxy groups -OCH3 is 1. The first-order valence-electron chi connectivity index (χ1n) is 6.78. The van der Waals surface area contributed by atoms with Crippen LogP contribution >= 0.6 is 0 Å². The minimum atomic E-state index is -0.701. The van der Waals surface area contributed by atoms with Gasteiger partial charge >= 0.3 is 5.97 Å². The van der Waals surface area contributed by atoms with E-state index in [2.05, 4.69) is 5.32 Å². The fourth-order valence-corrected chi connectivity index (χ4v) is 1.89. The molecule has 0 aliphatic rings. The lowest BCUT2D eigenvalue weighted by Crippen LogP contribution is -2.35. The molecule has 0 fully saturated rings. The van der Waals surface area contributed by atoms with Gasteiger partial charge in [0.1, 0.15) is 11.4 Å². The first-order chi connectivity index (χ1) is 11.0. The molecular formula is C16H16N2O5. The van der Waals surface area contributed by atoms with E-state index in [0.29, 0.717) is 11.4 Å². The second-order valence-corrected chi connectivity index (χ2v) is 4.69. The summed E-state index contributed by atoms with van der Waals surface area (Å²) in [6.07, 6.45) is 1.68. The van der Waals surface area contributed by atoms with Gasteiger partial charge in [0.15, 0.2) is 6.61 Å². The number of ether oxygens (including phenoxy) is 2. The van der Waals surface area contributed by atoms with Crippen molar-refractivity contribution in [1.82, 2.24) is 9.88 Å². The molecule has 1 aromatic heterocycles. The van der Waals surface area contributed by atoms with E-state index in [-0.39, 0.29) is 5.56 Å². The largest absolute Gasteiger partial charge is 0.497 e. The van der Waals surface area contributed by atoms with Crippen molar-refractivity contribution in [1.29, 1.82) is 0 Å². The predicted octanol–water partition coefficient (Wildman–Crippen LogP) is 1.15. The molecule has 0 bridgehead atoms. The molecule has 0 atom stereocenters. The number of rotatable bonds is 5. The van der Waals surface area contributed by atoms with Crippen LogP contribution in [0.1, 0.15) is 20.8 Å². The zero-order valence-corrected chi connectivity index (χ0v) is 12.7. The first kappa shape index (κ1) is 16.3. The highest BCUT2D eigenvalue weighted by molar-refractivity contribution is 6.04. The Labute approximate surface area is 132 Å². The first-order valence-corrected chi connectivity index (χ1v) is 6.78. The fraction of sp³-hybridized carbons (Fsp3) is 0.188. The molecule has 2 amide bonds. The zero-order chi connectivity index (χ0) is 16.8. The van der Waals surface area contributed by atoms with E-state index in [1.807, 2.05) is 0 Å². The molecule has 2 rings (SSSR count). The van der Waals surface area contributed by atoms with Gasteiger partial charge in [-0.25, -0.2) is 4.79 Å². The standard InChI is InChI=1S/C16H16N2O5/c1-18-8-4-7-13(18)15(20)17-14(19)10-23-16(21)11-5-3-6-12(9-11)22-2/h3-9H,10H2,1-2H3,(H,17,19,20). The van der Waals surface area contributed by atoms with Gasteiger partial charge in [0.2, 0.25) is 0 Å². The normalized spacial score (nSPS) is 10.0. The van der Waals surface area contributed by atoms with Crippen molar-refractivity contribution in [2.45, 2.75) is 0 Å². The Kier molecular flexibility index (Phi) is 5.14. The maximum absolute atomic E-state index is 11.8. The summed E-state index contributed by atoms with van der Waals surface area (Å²) in [5.74, 6) is -1.43. The quantitative estimate of drug-likeness (QED) is 0.836. The number of nitrogens with zero attached hydrogens (tertiary/aromatic N) is 1. The van der Waals surface area contributed by atoms with E-state index < -0.39 is 24.4 Å². The van der Waals surface area contributed by atoms with E-state index >= 15 is 0 Å². The van der Waals surface area contributed by atoms with Gasteiger partial charge in [0.25, 0.3) is 11.8 Å². The van der Waals surface area contributed by atoms with Crippen molar-refractivity contribution in [2.75, 3.05) is 13.7 Å². The van der Waals surface area contributed by atoms with Crippen LogP contribution in [0, 0.1) is 0 Å². The van der Waals surface area contributed by atoms with E-state index in [1.165, 1.54) is 19.2 Å². The number of amides is 2. The van der Waals surface area contributed by atoms with Crippen molar-refractivity contribution in [2.24, 2.45) is 7.05 Å². The molecule has 1 heterocycles. The third-order valence-electron chi connectivity index (χ3n) is 3.07. The van der Waals surface area contributed by atoms with Gasteiger partial charge in [-0.1, -0.05) is 6.07 Å². The number of benzene rings is 1. The Bertz CT molecular complexity index is 736. The molecule has 0 saturated carbocycles. The molecule has 0 unspecified atom stereocenters.